The number of hydrogen-bond acceptors (Lipinski definition) is 2. The molecule has 2 rings (SSSR count). The fraction of sp³-hybridized carbons (Fsp3) is 0.438. The molecule has 4 heteroatoms. The van der Waals surface area contributed by atoms with Gasteiger partial charge in [-0.15, -0.1) is 0 Å². The number of nitrogens with two attached hydrogens (primary N) is 1. The number of likely N-dealkylation sites (N-methyl/N-ethyl adjacent to an activating group) is 1. The van der Waals surface area contributed by atoms with Crippen LogP contribution in [0.25, 0.3) is 6.08 Å². The van der Waals surface area contributed by atoms with Crippen molar-refractivity contribution >= 4 is 12.0 Å². The molecule has 1 aromatic carbocycles. The normalized spacial score (nSPS) is 22.4. The molecule has 2 atom stereocenters. The predicted octanol–water partition coefficient (Wildman–Crippen LogP) is 2.42. The van der Waals surface area contributed by atoms with Crippen LogP contribution in [0.15, 0.2) is 30.3 Å². The first kappa shape index (κ1) is 14.7. The van der Waals surface area contributed by atoms with Crippen LogP contribution in [-0.2, 0) is 4.79 Å². The molecule has 0 bridgehead atoms. The van der Waals surface area contributed by atoms with Crippen molar-refractivity contribution in [1.82, 2.24) is 4.90 Å². The second-order valence-electron chi connectivity index (χ2n) is 5.33. The van der Waals surface area contributed by atoms with Crippen molar-refractivity contribution in [3.63, 3.8) is 0 Å². The minimum absolute atomic E-state index is 0.0281. The van der Waals surface area contributed by atoms with E-state index in [1.54, 1.807) is 29.2 Å². The van der Waals surface area contributed by atoms with Crippen molar-refractivity contribution in [3.8, 4) is 0 Å². The molecule has 2 unspecified atom stereocenters. The van der Waals surface area contributed by atoms with E-state index in [1.165, 1.54) is 12.1 Å². The molecule has 1 amide bonds. The zero-order valence-electron chi connectivity index (χ0n) is 11.8. The Morgan fingerprint density at radius 3 is 2.75 bits per heavy atom. The number of amides is 1. The van der Waals surface area contributed by atoms with Crippen LogP contribution in [0.1, 0.15) is 24.8 Å². The van der Waals surface area contributed by atoms with Gasteiger partial charge >= 0.3 is 0 Å². The molecule has 2 N–H and O–H groups in total. The Bertz CT molecular complexity index is 484. The van der Waals surface area contributed by atoms with Gasteiger partial charge in [-0.3, -0.25) is 4.79 Å². The number of carbonyl (C=O) groups excluding carboxylic acids is 1. The van der Waals surface area contributed by atoms with Gasteiger partial charge in [0.15, 0.2) is 0 Å². The third-order valence-electron chi connectivity index (χ3n) is 4.06. The lowest BCUT2D eigenvalue weighted by Crippen LogP contribution is -2.40. The molecular weight excluding hydrogens is 255 g/mol. The summed E-state index contributed by atoms with van der Waals surface area (Å²) in [4.78, 5) is 13.9. The molecule has 0 aliphatic heterocycles. The van der Waals surface area contributed by atoms with Crippen molar-refractivity contribution in [2.24, 2.45) is 11.7 Å². The average molecular weight is 276 g/mol. The van der Waals surface area contributed by atoms with Crippen LogP contribution >= 0.6 is 0 Å². The molecule has 0 spiro atoms. The summed E-state index contributed by atoms with van der Waals surface area (Å²) in [5, 5.41) is 0. The third-order valence-corrected chi connectivity index (χ3v) is 4.06. The second kappa shape index (κ2) is 6.66. The topological polar surface area (TPSA) is 46.3 Å². The van der Waals surface area contributed by atoms with E-state index in [1.807, 2.05) is 7.05 Å². The molecule has 108 valence electrons. The van der Waals surface area contributed by atoms with Crippen LogP contribution in [0, 0.1) is 11.7 Å². The smallest absolute Gasteiger partial charge is 0.246 e. The zero-order valence-corrected chi connectivity index (χ0v) is 11.8. The largest absolute Gasteiger partial charge is 0.339 e. The number of rotatable bonds is 4. The Morgan fingerprint density at radius 2 is 2.10 bits per heavy atom. The van der Waals surface area contributed by atoms with Gasteiger partial charge in [-0.2, -0.15) is 0 Å². The van der Waals surface area contributed by atoms with E-state index in [4.69, 9.17) is 5.73 Å². The van der Waals surface area contributed by atoms with Gasteiger partial charge < -0.3 is 10.6 Å². The lowest BCUT2D eigenvalue weighted by molar-refractivity contribution is -0.127. The molecule has 20 heavy (non-hydrogen) atoms. The Balaban J connectivity index is 1.98. The Labute approximate surface area is 119 Å². The average Bonchev–Trinajstić information content (AvgIpc) is 2.94. The molecule has 3 nitrogen and oxygen atoms in total. The number of carbonyl (C=O) groups is 1. The standard InChI is InChI=1S/C16H21FN2O/c1-19(15-4-2-3-13(15)11-18)16(20)10-7-12-5-8-14(17)9-6-12/h5-10,13,15H,2-4,11,18H2,1H3. The van der Waals surface area contributed by atoms with Gasteiger partial charge in [0, 0.05) is 19.2 Å². The van der Waals surface area contributed by atoms with Gasteiger partial charge in [0.05, 0.1) is 0 Å². The van der Waals surface area contributed by atoms with Crippen LogP contribution in [0.2, 0.25) is 0 Å². The summed E-state index contributed by atoms with van der Waals surface area (Å²) in [6.45, 7) is 0.629. The third kappa shape index (κ3) is 3.45. The van der Waals surface area contributed by atoms with Gasteiger partial charge in [-0.05, 0) is 49.1 Å². The number of halogens is 1. The highest BCUT2D eigenvalue weighted by Gasteiger charge is 2.30. The zero-order chi connectivity index (χ0) is 14.5. The summed E-state index contributed by atoms with van der Waals surface area (Å²) < 4.78 is 12.8. The van der Waals surface area contributed by atoms with Crippen LogP contribution in [-0.4, -0.2) is 30.4 Å². The van der Waals surface area contributed by atoms with Crippen LogP contribution < -0.4 is 5.73 Å². The van der Waals surface area contributed by atoms with Crippen LogP contribution in [0.4, 0.5) is 4.39 Å². The highest BCUT2D eigenvalue weighted by atomic mass is 19.1. The summed E-state index contributed by atoms with van der Waals surface area (Å²) in [7, 11) is 1.83. The maximum absolute atomic E-state index is 12.8. The fourth-order valence-electron chi connectivity index (χ4n) is 2.82. The summed E-state index contributed by atoms with van der Waals surface area (Å²) in [6, 6.07) is 6.31. The molecule has 1 fully saturated rings. The minimum Gasteiger partial charge on any atom is -0.339 e. The van der Waals surface area contributed by atoms with Crippen molar-refractivity contribution in [3.05, 3.63) is 41.7 Å². The molecule has 1 aliphatic carbocycles. The quantitative estimate of drug-likeness (QED) is 0.858. The van der Waals surface area contributed by atoms with Gasteiger partial charge in [0.25, 0.3) is 0 Å². The first-order valence-electron chi connectivity index (χ1n) is 7.02. The highest BCUT2D eigenvalue weighted by molar-refractivity contribution is 5.91. The molecule has 0 heterocycles. The maximum atomic E-state index is 12.8. The second-order valence-corrected chi connectivity index (χ2v) is 5.33. The van der Waals surface area contributed by atoms with E-state index in [-0.39, 0.29) is 17.8 Å². The fourth-order valence-corrected chi connectivity index (χ4v) is 2.82. The van der Waals surface area contributed by atoms with Gasteiger partial charge in [0.1, 0.15) is 5.82 Å². The molecule has 1 aromatic rings. The van der Waals surface area contributed by atoms with Gasteiger partial charge in [-0.1, -0.05) is 18.6 Å². The van der Waals surface area contributed by atoms with E-state index in [0.29, 0.717) is 12.5 Å². The molecule has 1 aliphatic rings. The first-order valence-corrected chi connectivity index (χ1v) is 7.02. The van der Waals surface area contributed by atoms with E-state index < -0.39 is 0 Å². The van der Waals surface area contributed by atoms with Crippen molar-refractivity contribution in [2.45, 2.75) is 25.3 Å². The summed E-state index contributed by atoms with van der Waals surface area (Å²) in [5.41, 5.74) is 6.56. The lowest BCUT2D eigenvalue weighted by Gasteiger charge is -2.28. The highest BCUT2D eigenvalue weighted by Crippen LogP contribution is 2.28. The molecule has 0 aromatic heterocycles. The Morgan fingerprint density at radius 1 is 1.40 bits per heavy atom. The van der Waals surface area contributed by atoms with Crippen molar-refractivity contribution < 1.29 is 9.18 Å². The van der Waals surface area contributed by atoms with E-state index in [9.17, 15) is 9.18 Å². The summed E-state index contributed by atoms with van der Waals surface area (Å²) >= 11 is 0. The number of hydrogen-bond donors (Lipinski definition) is 1. The summed E-state index contributed by atoms with van der Waals surface area (Å²) in [5.74, 6) is 0.102. The SMILES string of the molecule is CN(C(=O)C=Cc1ccc(F)cc1)C1CCCC1CN. The van der Waals surface area contributed by atoms with E-state index in [0.717, 1.165) is 24.8 Å². The minimum atomic E-state index is -0.276. The molecule has 0 radical (unpaired) electrons. The van der Waals surface area contributed by atoms with Gasteiger partial charge in [0.2, 0.25) is 5.91 Å². The van der Waals surface area contributed by atoms with Gasteiger partial charge in [-0.25, -0.2) is 4.39 Å². The molecule has 1 saturated carbocycles. The van der Waals surface area contributed by atoms with Crippen LogP contribution in [0.3, 0.4) is 0 Å². The molecular formula is C16H21FN2O. The van der Waals surface area contributed by atoms with E-state index >= 15 is 0 Å². The predicted molar refractivity (Wildman–Crippen MR) is 78.4 cm³/mol. The Kier molecular flexibility index (Phi) is 4.90. The number of benzene rings is 1. The monoisotopic (exact) mass is 276 g/mol. The maximum Gasteiger partial charge on any atom is 0.246 e. The number of nitrogens with zero attached hydrogens (tertiary/aromatic N) is 1. The van der Waals surface area contributed by atoms with E-state index in [2.05, 4.69) is 0 Å². The lowest BCUT2D eigenvalue weighted by atomic mass is 10.0. The van der Waals surface area contributed by atoms with Crippen molar-refractivity contribution in [1.29, 1.82) is 0 Å². The van der Waals surface area contributed by atoms with Crippen LogP contribution in [0.5, 0.6) is 0 Å². The first-order chi connectivity index (χ1) is 9.61. The summed E-state index contributed by atoms with van der Waals surface area (Å²) in [6.07, 6.45) is 6.50. The molecule has 0 saturated heterocycles. The Hall–Kier alpha value is -1.68. The van der Waals surface area contributed by atoms with Crippen molar-refractivity contribution in [2.75, 3.05) is 13.6 Å².